The maximum absolute atomic E-state index is 12.1. The molecular weight excluding hydrogens is 358 g/mol. The zero-order valence-corrected chi connectivity index (χ0v) is 14.8. The van der Waals surface area contributed by atoms with Gasteiger partial charge in [-0.25, -0.2) is 9.78 Å². The Labute approximate surface area is 155 Å². The first kappa shape index (κ1) is 19.1. The standard InChI is InChI=1S/C18H16ClN3O4/c1-11(9-16(23)21-14-7-8-20-15(19)10-14)17(24)22-13-5-3-12(4-6-13)18(25)26-2/h3-10H,1-2H3,(H,22,24)(H,20,21,23)/b11-9+. The van der Waals surface area contributed by atoms with Gasteiger partial charge in [-0.15, -0.1) is 0 Å². The highest BCUT2D eigenvalue weighted by molar-refractivity contribution is 6.29. The van der Waals surface area contributed by atoms with E-state index in [4.69, 9.17) is 11.6 Å². The van der Waals surface area contributed by atoms with E-state index in [0.717, 1.165) is 0 Å². The number of amides is 2. The van der Waals surface area contributed by atoms with Gasteiger partial charge in [0, 0.05) is 29.2 Å². The van der Waals surface area contributed by atoms with Gasteiger partial charge in [-0.3, -0.25) is 9.59 Å². The Morgan fingerprint density at radius 2 is 1.77 bits per heavy atom. The van der Waals surface area contributed by atoms with Gasteiger partial charge in [-0.1, -0.05) is 11.6 Å². The number of nitrogens with one attached hydrogen (secondary N) is 2. The summed E-state index contributed by atoms with van der Waals surface area (Å²) in [7, 11) is 1.29. The van der Waals surface area contributed by atoms with E-state index in [9.17, 15) is 14.4 Å². The van der Waals surface area contributed by atoms with Crippen LogP contribution >= 0.6 is 11.6 Å². The van der Waals surface area contributed by atoms with Gasteiger partial charge < -0.3 is 15.4 Å². The number of carbonyl (C=O) groups is 3. The molecule has 7 nitrogen and oxygen atoms in total. The highest BCUT2D eigenvalue weighted by Crippen LogP contribution is 2.13. The van der Waals surface area contributed by atoms with Crippen molar-refractivity contribution in [3.05, 3.63) is 65.0 Å². The van der Waals surface area contributed by atoms with E-state index in [-0.39, 0.29) is 10.7 Å². The van der Waals surface area contributed by atoms with E-state index in [1.54, 1.807) is 18.2 Å². The molecule has 2 N–H and O–H groups in total. The Morgan fingerprint density at radius 3 is 2.38 bits per heavy atom. The number of aromatic nitrogens is 1. The normalized spacial score (nSPS) is 10.8. The van der Waals surface area contributed by atoms with Gasteiger partial charge >= 0.3 is 5.97 Å². The number of rotatable bonds is 5. The first-order valence-electron chi connectivity index (χ1n) is 7.49. The Balaban J connectivity index is 1.98. The highest BCUT2D eigenvalue weighted by atomic mass is 35.5. The third-order valence-corrected chi connectivity index (χ3v) is 3.47. The summed E-state index contributed by atoms with van der Waals surface area (Å²) in [5.74, 6) is -1.38. The summed E-state index contributed by atoms with van der Waals surface area (Å²) in [5.41, 5.74) is 1.53. The maximum atomic E-state index is 12.1. The Morgan fingerprint density at radius 1 is 1.08 bits per heavy atom. The number of nitrogens with zero attached hydrogens (tertiary/aromatic N) is 1. The molecule has 2 amide bonds. The second kappa shape index (κ2) is 8.77. The molecule has 26 heavy (non-hydrogen) atoms. The number of carbonyl (C=O) groups excluding carboxylic acids is 3. The first-order valence-corrected chi connectivity index (χ1v) is 7.87. The molecule has 1 heterocycles. The van der Waals surface area contributed by atoms with Gasteiger partial charge in [-0.2, -0.15) is 0 Å². The van der Waals surface area contributed by atoms with Crippen LogP contribution in [-0.2, 0) is 14.3 Å². The van der Waals surface area contributed by atoms with Gasteiger partial charge in [0.15, 0.2) is 0 Å². The number of anilines is 2. The van der Waals surface area contributed by atoms with Crippen LogP contribution in [0.1, 0.15) is 17.3 Å². The summed E-state index contributed by atoms with van der Waals surface area (Å²) in [5, 5.41) is 5.47. The second-order valence-corrected chi connectivity index (χ2v) is 5.59. The Hall–Kier alpha value is -3.19. The van der Waals surface area contributed by atoms with Crippen LogP contribution in [0.3, 0.4) is 0 Å². The van der Waals surface area contributed by atoms with Gasteiger partial charge in [0.25, 0.3) is 5.91 Å². The summed E-state index contributed by atoms with van der Waals surface area (Å²) >= 11 is 5.74. The SMILES string of the molecule is COC(=O)c1ccc(NC(=O)/C(C)=C/C(=O)Nc2ccnc(Cl)c2)cc1. The van der Waals surface area contributed by atoms with Crippen molar-refractivity contribution in [2.45, 2.75) is 6.92 Å². The molecule has 0 aliphatic heterocycles. The lowest BCUT2D eigenvalue weighted by atomic mass is 10.2. The number of hydrogen-bond donors (Lipinski definition) is 2. The van der Waals surface area contributed by atoms with Crippen LogP contribution in [0.4, 0.5) is 11.4 Å². The molecule has 0 unspecified atom stereocenters. The van der Waals surface area contributed by atoms with Crippen LogP contribution in [0, 0.1) is 0 Å². The molecule has 134 valence electrons. The van der Waals surface area contributed by atoms with Crippen LogP contribution in [0.25, 0.3) is 0 Å². The van der Waals surface area contributed by atoms with E-state index in [1.807, 2.05) is 0 Å². The molecule has 1 aromatic carbocycles. The summed E-state index contributed by atoms with van der Waals surface area (Å²) in [6.07, 6.45) is 2.63. The minimum Gasteiger partial charge on any atom is -0.465 e. The fourth-order valence-corrected chi connectivity index (χ4v) is 2.13. The largest absolute Gasteiger partial charge is 0.465 e. The van der Waals surface area contributed by atoms with Crippen LogP contribution in [0.2, 0.25) is 5.15 Å². The highest BCUT2D eigenvalue weighted by Gasteiger charge is 2.09. The van der Waals surface area contributed by atoms with E-state index in [0.29, 0.717) is 16.9 Å². The lowest BCUT2D eigenvalue weighted by molar-refractivity contribution is -0.114. The predicted molar refractivity (Wildman–Crippen MR) is 98.0 cm³/mol. The third-order valence-electron chi connectivity index (χ3n) is 3.26. The van der Waals surface area contributed by atoms with Crippen molar-refractivity contribution in [2.24, 2.45) is 0 Å². The van der Waals surface area contributed by atoms with E-state index >= 15 is 0 Å². The molecule has 0 spiro atoms. The average molecular weight is 374 g/mol. The molecule has 2 aromatic rings. The minimum absolute atomic E-state index is 0.208. The average Bonchev–Trinajstić information content (AvgIpc) is 2.61. The Bertz CT molecular complexity index is 863. The van der Waals surface area contributed by atoms with E-state index < -0.39 is 17.8 Å². The van der Waals surface area contributed by atoms with Crippen molar-refractivity contribution in [3.63, 3.8) is 0 Å². The molecular formula is C18H16ClN3O4. The summed E-state index contributed by atoms with van der Waals surface area (Å²) in [6, 6.07) is 9.26. The van der Waals surface area contributed by atoms with Crippen molar-refractivity contribution in [3.8, 4) is 0 Å². The summed E-state index contributed by atoms with van der Waals surface area (Å²) in [4.78, 5) is 39.3. The fourth-order valence-electron chi connectivity index (χ4n) is 1.96. The van der Waals surface area contributed by atoms with Gasteiger partial charge in [0.2, 0.25) is 5.91 Å². The number of hydrogen-bond acceptors (Lipinski definition) is 5. The number of benzene rings is 1. The van der Waals surface area contributed by atoms with Gasteiger partial charge in [0.1, 0.15) is 5.15 Å². The molecule has 0 radical (unpaired) electrons. The quantitative estimate of drug-likeness (QED) is 0.477. The maximum Gasteiger partial charge on any atom is 0.337 e. The molecule has 0 saturated heterocycles. The van der Waals surface area contributed by atoms with Crippen molar-refractivity contribution < 1.29 is 19.1 Å². The summed E-state index contributed by atoms with van der Waals surface area (Å²) < 4.78 is 4.60. The number of halogens is 1. The first-order chi connectivity index (χ1) is 12.4. The van der Waals surface area contributed by atoms with Crippen LogP contribution in [0.15, 0.2) is 54.2 Å². The number of pyridine rings is 1. The molecule has 2 rings (SSSR count). The smallest absolute Gasteiger partial charge is 0.337 e. The zero-order valence-electron chi connectivity index (χ0n) is 14.1. The molecule has 0 aliphatic rings. The lowest BCUT2D eigenvalue weighted by Gasteiger charge is -2.07. The van der Waals surface area contributed by atoms with Gasteiger partial charge in [-0.05, 0) is 43.3 Å². The third kappa shape index (κ3) is 5.42. The number of ether oxygens (including phenoxy) is 1. The molecule has 0 fully saturated rings. The monoisotopic (exact) mass is 373 g/mol. The van der Waals surface area contributed by atoms with Crippen LogP contribution in [0.5, 0.6) is 0 Å². The minimum atomic E-state index is -0.471. The predicted octanol–water partition coefficient (Wildman–Crippen LogP) is 3.05. The molecule has 0 saturated carbocycles. The molecule has 0 atom stereocenters. The number of esters is 1. The van der Waals surface area contributed by atoms with Crippen LogP contribution in [-0.4, -0.2) is 29.9 Å². The fraction of sp³-hybridized carbons (Fsp3) is 0.111. The Kier molecular flexibility index (Phi) is 6.46. The van der Waals surface area contributed by atoms with Crippen LogP contribution < -0.4 is 10.6 Å². The van der Waals surface area contributed by atoms with Gasteiger partial charge in [0.05, 0.1) is 12.7 Å². The summed E-state index contributed by atoms with van der Waals surface area (Å²) in [6.45, 7) is 1.51. The lowest BCUT2D eigenvalue weighted by Crippen LogP contribution is -2.16. The molecule has 1 aromatic heterocycles. The van der Waals surface area contributed by atoms with E-state index in [2.05, 4.69) is 20.4 Å². The second-order valence-electron chi connectivity index (χ2n) is 5.21. The van der Waals surface area contributed by atoms with Crippen molar-refractivity contribution in [1.29, 1.82) is 0 Å². The molecule has 0 aliphatic carbocycles. The molecule has 0 bridgehead atoms. The van der Waals surface area contributed by atoms with Crippen molar-refractivity contribution in [1.82, 2.24) is 4.98 Å². The van der Waals surface area contributed by atoms with Crippen molar-refractivity contribution >= 4 is 40.8 Å². The zero-order chi connectivity index (χ0) is 19.1. The molecule has 8 heteroatoms. The topological polar surface area (TPSA) is 97.4 Å². The van der Waals surface area contributed by atoms with Crippen molar-refractivity contribution in [2.75, 3.05) is 17.7 Å². The number of methoxy groups -OCH3 is 1. The van der Waals surface area contributed by atoms with E-state index in [1.165, 1.54) is 44.5 Å².